The van der Waals surface area contributed by atoms with E-state index in [1.54, 1.807) is 7.11 Å². The van der Waals surface area contributed by atoms with Gasteiger partial charge in [0.25, 0.3) is 0 Å². The normalized spacial score (nSPS) is 16.7. The SMILES string of the molecule is COc1cc(CNC(=O)CC2CSCCN2)ccc1OCCC(C)C.Cl. The Bertz CT molecular complexity index is 552. The maximum Gasteiger partial charge on any atom is 0.221 e. The minimum atomic E-state index is 0. The van der Waals surface area contributed by atoms with E-state index in [4.69, 9.17) is 9.47 Å². The first-order valence-corrected chi connectivity index (χ1v) is 10.1. The molecule has 0 radical (unpaired) electrons. The molecule has 1 fully saturated rings. The van der Waals surface area contributed by atoms with E-state index in [-0.39, 0.29) is 24.4 Å². The smallest absolute Gasteiger partial charge is 0.221 e. The predicted molar refractivity (Wildman–Crippen MR) is 111 cm³/mol. The van der Waals surface area contributed by atoms with Crippen LogP contribution in [0.15, 0.2) is 18.2 Å². The molecular weight excluding hydrogens is 372 g/mol. The molecule has 2 rings (SSSR count). The van der Waals surface area contributed by atoms with Crippen molar-refractivity contribution < 1.29 is 14.3 Å². The Morgan fingerprint density at radius 2 is 2.19 bits per heavy atom. The minimum absolute atomic E-state index is 0. The topological polar surface area (TPSA) is 59.6 Å². The Labute approximate surface area is 167 Å². The lowest BCUT2D eigenvalue weighted by Gasteiger charge is -2.22. The van der Waals surface area contributed by atoms with E-state index in [9.17, 15) is 4.79 Å². The third-order valence-electron chi connectivity index (χ3n) is 4.10. The molecule has 5 nitrogen and oxygen atoms in total. The van der Waals surface area contributed by atoms with Gasteiger partial charge in [0, 0.05) is 37.1 Å². The van der Waals surface area contributed by atoms with Crippen LogP contribution < -0.4 is 20.1 Å². The summed E-state index contributed by atoms with van der Waals surface area (Å²) < 4.78 is 11.2. The molecule has 1 aromatic carbocycles. The molecular formula is C19H31ClN2O3S. The van der Waals surface area contributed by atoms with Gasteiger partial charge in [-0.3, -0.25) is 4.79 Å². The Morgan fingerprint density at radius 3 is 2.85 bits per heavy atom. The van der Waals surface area contributed by atoms with Crippen molar-refractivity contribution in [1.82, 2.24) is 10.6 Å². The van der Waals surface area contributed by atoms with Crippen LogP contribution in [0.3, 0.4) is 0 Å². The van der Waals surface area contributed by atoms with Gasteiger partial charge in [0.15, 0.2) is 11.5 Å². The highest BCUT2D eigenvalue weighted by atomic mass is 35.5. The number of thioether (sulfide) groups is 1. The Kier molecular flexibility index (Phi) is 10.9. The summed E-state index contributed by atoms with van der Waals surface area (Å²) in [7, 11) is 1.64. The Hall–Kier alpha value is -1.11. The quantitative estimate of drug-likeness (QED) is 0.664. The number of nitrogens with one attached hydrogen (secondary N) is 2. The fraction of sp³-hybridized carbons (Fsp3) is 0.632. The zero-order chi connectivity index (χ0) is 18.1. The summed E-state index contributed by atoms with van der Waals surface area (Å²) >= 11 is 1.90. The molecule has 1 aliphatic rings. The molecule has 1 saturated heterocycles. The number of hydrogen-bond donors (Lipinski definition) is 2. The largest absolute Gasteiger partial charge is 0.493 e. The highest BCUT2D eigenvalue weighted by Gasteiger charge is 2.16. The third-order valence-corrected chi connectivity index (χ3v) is 5.23. The molecule has 26 heavy (non-hydrogen) atoms. The van der Waals surface area contributed by atoms with Crippen LogP contribution in [-0.2, 0) is 11.3 Å². The van der Waals surface area contributed by atoms with Crippen molar-refractivity contribution in [3.8, 4) is 11.5 Å². The van der Waals surface area contributed by atoms with E-state index in [0.717, 1.165) is 35.8 Å². The van der Waals surface area contributed by atoms with Crippen molar-refractivity contribution in [2.45, 2.75) is 39.3 Å². The molecule has 1 heterocycles. The van der Waals surface area contributed by atoms with Crippen molar-refractivity contribution in [3.05, 3.63) is 23.8 Å². The van der Waals surface area contributed by atoms with E-state index in [1.807, 2.05) is 30.0 Å². The number of carbonyl (C=O) groups is 1. The van der Waals surface area contributed by atoms with Gasteiger partial charge < -0.3 is 20.1 Å². The lowest BCUT2D eigenvalue weighted by molar-refractivity contribution is -0.121. The first-order valence-electron chi connectivity index (χ1n) is 8.96. The van der Waals surface area contributed by atoms with Gasteiger partial charge in [-0.05, 0) is 30.0 Å². The van der Waals surface area contributed by atoms with Crippen LogP contribution >= 0.6 is 24.2 Å². The second-order valence-electron chi connectivity index (χ2n) is 6.72. The zero-order valence-corrected chi connectivity index (χ0v) is 17.5. The van der Waals surface area contributed by atoms with Gasteiger partial charge in [0.1, 0.15) is 0 Å². The highest BCUT2D eigenvalue weighted by molar-refractivity contribution is 7.99. The standard InChI is InChI=1S/C19H30N2O3S.ClH/c1-14(2)6-8-24-17-5-4-15(10-18(17)23-3)12-21-19(22)11-16-13-25-9-7-20-16;/h4-5,10,14,16,20H,6-9,11-13H2,1-3H3,(H,21,22);1H. The molecule has 2 N–H and O–H groups in total. The number of carbonyl (C=O) groups excluding carboxylic acids is 1. The lowest BCUT2D eigenvalue weighted by Crippen LogP contribution is -2.41. The predicted octanol–water partition coefficient (Wildman–Crippen LogP) is 3.25. The molecule has 1 aromatic rings. The fourth-order valence-corrected chi connectivity index (χ4v) is 3.54. The number of methoxy groups -OCH3 is 1. The van der Waals surface area contributed by atoms with Crippen LogP contribution in [0.5, 0.6) is 11.5 Å². The average molecular weight is 403 g/mol. The van der Waals surface area contributed by atoms with E-state index in [1.165, 1.54) is 0 Å². The second-order valence-corrected chi connectivity index (χ2v) is 7.87. The number of ether oxygens (including phenoxy) is 2. The van der Waals surface area contributed by atoms with Crippen molar-refractivity contribution in [2.75, 3.05) is 31.8 Å². The average Bonchev–Trinajstić information content (AvgIpc) is 2.61. The van der Waals surface area contributed by atoms with Gasteiger partial charge in [0.2, 0.25) is 5.91 Å². The van der Waals surface area contributed by atoms with Crippen molar-refractivity contribution >= 4 is 30.1 Å². The van der Waals surface area contributed by atoms with Crippen LogP contribution in [-0.4, -0.2) is 43.7 Å². The summed E-state index contributed by atoms with van der Waals surface area (Å²) in [6, 6.07) is 6.10. The van der Waals surface area contributed by atoms with Crippen molar-refractivity contribution in [2.24, 2.45) is 5.92 Å². The molecule has 1 unspecified atom stereocenters. The number of hydrogen-bond acceptors (Lipinski definition) is 5. The summed E-state index contributed by atoms with van der Waals surface area (Å²) in [5, 5.41) is 6.37. The molecule has 1 atom stereocenters. The van der Waals surface area contributed by atoms with Crippen LogP contribution in [0.25, 0.3) is 0 Å². The number of rotatable bonds is 9. The van der Waals surface area contributed by atoms with Gasteiger partial charge in [-0.15, -0.1) is 12.4 Å². The van der Waals surface area contributed by atoms with E-state index < -0.39 is 0 Å². The molecule has 7 heteroatoms. The number of halogens is 1. The van der Waals surface area contributed by atoms with Crippen molar-refractivity contribution in [1.29, 1.82) is 0 Å². The number of benzene rings is 1. The first kappa shape index (κ1) is 22.9. The van der Waals surface area contributed by atoms with Crippen LogP contribution in [0.4, 0.5) is 0 Å². The maximum atomic E-state index is 12.1. The van der Waals surface area contributed by atoms with Crippen LogP contribution in [0.2, 0.25) is 0 Å². The number of amides is 1. The van der Waals surface area contributed by atoms with Gasteiger partial charge in [-0.25, -0.2) is 0 Å². The van der Waals surface area contributed by atoms with Gasteiger partial charge in [-0.1, -0.05) is 19.9 Å². The van der Waals surface area contributed by atoms with E-state index in [2.05, 4.69) is 24.5 Å². The molecule has 0 bridgehead atoms. The summed E-state index contributed by atoms with van der Waals surface area (Å²) in [4.78, 5) is 12.1. The Balaban J connectivity index is 0.00000338. The summed E-state index contributed by atoms with van der Waals surface area (Å²) in [5.74, 6) is 4.28. The summed E-state index contributed by atoms with van der Waals surface area (Å²) in [5.41, 5.74) is 1.01. The highest BCUT2D eigenvalue weighted by Crippen LogP contribution is 2.28. The van der Waals surface area contributed by atoms with Gasteiger partial charge in [0.05, 0.1) is 13.7 Å². The fourth-order valence-electron chi connectivity index (χ4n) is 2.59. The lowest BCUT2D eigenvalue weighted by atomic mass is 10.1. The third kappa shape index (κ3) is 8.06. The minimum Gasteiger partial charge on any atom is -0.493 e. The summed E-state index contributed by atoms with van der Waals surface area (Å²) in [6.07, 6.45) is 1.54. The van der Waals surface area contributed by atoms with E-state index in [0.29, 0.717) is 31.2 Å². The monoisotopic (exact) mass is 402 g/mol. The molecule has 0 aliphatic carbocycles. The first-order chi connectivity index (χ1) is 12.1. The Morgan fingerprint density at radius 1 is 1.38 bits per heavy atom. The molecule has 1 amide bonds. The van der Waals surface area contributed by atoms with Gasteiger partial charge in [-0.2, -0.15) is 11.8 Å². The molecule has 0 saturated carbocycles. The maximum absolute atomic E-state index is 12.1. The molecule has 1 aliphatic heterocycles. The summed E-state index contributed by atoms with van der Waals surface area (Å²) in [6.45, 7) is 6.51. The van der Waals surface area contributed by atoms with Crippen LogP contribution in [0.1, 0.15) is 32.3 Å². The van der Waals surface area contributed by atoms with Crippen LogP contribution in [0, 0.1) is 5.92 Å². The molecule has 148 valence electrons. The zero-order valence-electron chi connectivity index (χ0n) is 15.9. The molecule has 0 spiro atoms. The van der Waals surface area contributed by atoms with Gasteiger partial charge >= 0.3 is 0 Å². The molecule has 0 aromatic heterocycles. The second kappa shape index (κ2) is 12.3. The van der Waals surface area contributed by atoms with E-state index >= 15 is 0 Å². The van der Waals surface area contributed by atoms with Crippen molar-refractivity contribution in [3.63, 3.8) is 0 Å².